The number of sulfone groups is 1. The lowest BCUT2D eigenvalue weighted by atomic mass is 10.1. The summed E-state index contributed by atoms with van der Waals surface area (Å²) < 4.78 is 28.3. The molecule has 2 aromatic rings. The molecular weight excluding hydrogens is 422 g/mol. The smallest absolute Gasteiger partial charge is 0.333 e. The first kappa shape index (κ1) is 20.1. The number of carbonyl (C=O) groups excluding carboxylic acids is 2. The SMILES string of the molecule is COC(=O)C(NC(=O)c1ccc(CS(C)(=O)=O)cc1)c1ccc(Br)cc1. The number of halogens is 1. The van der Waals surface area contributed by atoms with Crippen LogP contribution in [0.3, 0.4) is 0 Å². The van der Waals surface area contributed by atoms with Gasteiger partial charge < -0.3 is 10.1 Å². The Labute approximate surface area is 160 Å². The van der Waals surface area contributed by atoms with Crippen LogP contribution in [-0.2, 0) is 25.1 Å². The molecule has 26 heavy (non-hydrogen) atoms. The molecule has 0 aliphatic heterocycles. The summed E-state index contributed by atoms with van der Waals surface area (Å²) in [6.45, 7) is 0. The van der Waals surface area contributed by atoms with Gasteiger partial charge in [-0.15, -0.1) is 0 Å². The van der Waals surface area contributed by atoms with Gasteiger partial charge in [-0.25, -0.2) is 13.2 Å². The second kappa shape index (κ2) is 8.46. The molecule has 0 heterocycles. The van der Waals surface area contributed by atoms with Crippen molar-refractivity contribution >= 4 is 37.6 Å². The minimum atomic E-state index is -3.15. The summed E-state index contributed by atoms with van der Waals surface area (Å²) in [5, 5.41) is 2.64. The van der Waals surface area contributed by atoms with Gasteiger partial charge in [0.2, 0.25) is 0 Å². The highest BCUT2D eigenvalue weighted by molar-refractivity contribution is 9.10. The molecule has 1 N–H and O–H groups in total. The average molecular weight is 440 g/mol. The van der Waals surface area contributed by atoms with E-state index in [1.807, 2.05) is 0 Å². The molecule has 0 saturated heterocycles. The van der Waals surface area contributed by atoms with Crippen molar-refractivity contribution in [2.45, 2.75) is 11.8 Å². The van der Waals surface area contributed by atoms with Crippen LogP contribution in [0.5, 0.6) is 0 Å². The van der Waals surface area contributed by atoms with E-state index >= 15 is 0 Å². The highest BCUT2D eigenvalue weighted by atomic mass is 79.9. The molecule has 0 spiro atoms. The number of esters is 1. The molecule has 0 bridgehead atoms. The molecule has 0 saturated carbocycles. The highest BCUT2D eigenvalue weighted by Crippen LogP contribution is 2.19. The molecule has 2 aromatic carbocycles. The Morgan fingerprint density at radius 2 is 1.65 bits per heavy atom. The number of benzene rings is 2. The normalized spacial score (nSPS) is 12.3. The van der Waals surface area contributed by atoms with Gasteiger partial charge in [-0.05, 0) is 35.4 Å². The molecule has 138 valence electrons. The number of nitrogens with one attached hydrogen (secondary N) is 1. The van der Waals surface area contributed by atoms with Crippen molar-refractivity contribution in [1.29, 1.82) is 0 Å². The summed E-state index contributed by atoms with van der Waals surface area (Å²) in [6, 6.07) is 12.2. The van der Waals surface area contributed by atoms with Gasteiger partial charge in [0.15, 0.2) is 15.9 Å². The topological polar surface area (TPSA) is 89.5 Å². The van der Waals surface area contributed by atoms with E-state index in [4.69, 9.17) is 4.74 Å². The van der Waals surface area contributed by atoms with Gasteiger partial charge in [-0.3, -0.25) is 4.79 Å². The number of methoxy groups -OCH3 is 1. The summed E-state index contributed by atoms with van der Waals surface area (Å²) >= 11 is 3.32. The summed E-state index contributed by atoms with van der Waals surface area (Å²) in [4.78, 5) is 24.5. The second-order valence-corrected chi connectivity index (χ2v) is 8.80. The van der Waals surface area contributed by atoms with Crippen molar-refractivity contribution < 1.29 is 22.7 Å². The summed E-state index contributed by atoms with van der Waals surface area (Å²) in [7, 11) is -1.90. The molecule has 0 radical (unpaired) electrons. The van der Waals surface area contributed by atoms with E-state index in [0.717, 1.165) is 10.7 Å². The first-order valence-electron chi connectivity index (χ1n) is 7.60. The fourth-order valence-electron chi connectivity index (χ4n) is 2.32. The Bertz CT molecular complexity index is 892. The summed E-state index contributed by atoms with van der Waals surface area (Å²) in [5.41, 5.74) is 1.48. The maximum Gasteiger partial charge on any atom is 0.333 e. The van der Waals surface area contributed by atoms with Gasteiger partial charge in [0.1, 0.15) is 0 Å². The number of rotatable bonds is 6. The number of carbonyl (C=O) groups is 2. The number of amides is 1. The van der Waals surface area contributed by atoms with Crippen LogP contribution >= 0.6 is 15.9 Å². The van der Waals surface area contributed by atoms with Gasteiger partial charge in [0.05, 0.1) is 12.9 Å². The quantitative estimate of drug-likeness (QED) is 0.698. The predicted molar refractivity (Wildman–Crippen MR) is 101 cm³/mol. The minimum absolute atomic E-state index is 0.0986. The Balaban J connectivity index is 2.18. The lowest BCUT2D eigenvalue weighted by Crippen LogP contribution is -2.34. The minimum Gasteiger partial charge on any atom is -0.467 e. The van der Waals surface area contributed by atoms with Crippen molar-refractivity contribution in [3.63, 3.8) is 0 Å². The first-order valence-corrected chi connectivity index (χ1v) is 10.5. The number of ether oxygens (including phenoxy) is 1. The highest BCUT2D eigenvalue weighted by Gasteiger charge is 2.24. The van der Waals surface area contributed by atoms with Crippen molar-refractivity contribution in [3.05, 3.63) is 69.7 Å². The van der Waals surface area contributed by atoms with Gasteiger partial charge in [-0.1, -0.05) is 40.2 Å². The fourth-order valence-corrected chi connectivity index (χ4v) is 3.38. The van der Waals surface area contributed by atoms with Crippen molar-refractivity contribution in [2.24, 2.45) is 0 Å². The van der Waals surface area contributed by atoms with Crippen LogP contribution in [0.4, 0.5) is 0 Å². The van der Waals surface area contributed by atoms with Crippen LogP contribution in [0.1, 0.15) is 27.5 Å². The van der Waals surface area contributed by atoms with E-state index < -0.39 is 27.8 Å². The summed E-state index contributed by atoms with van der Waals surface area (Å²) in [6.07, 6.45) is 1.15. The van der Waals surface area contributed by atoms with E-state index in [9.17, 15) is 18.0 Å². The molecule has 0 aliphatic rings. The molecule has 1 atom stereocenters. The molecule has 6 nitrogen and oxygen atoms in total. The van der Waals surface area contributed by atoms with Gasteiger partial charge in [0.25, 0.3) is 5.91 Å². The van der Waals surface area contributed by atoms with Crippen LogP contribution in [0.2, 0.25) is 0 Å². The Kier molecular flexibility index (Phi) is 6.55. The van der Waals surface area contributed by atoms with Gasteiger partial charge in [0, 0.05) is 16.3 Å². The molecule has 2 rings (SSSR count). The third kappa shape index (κ3) is 5.67. The zero-order valence-corrected chi connectivity index (χ0v) is 16.6. The Morgan fingerprint density at radius 1 is 1.08 bits per heavy atom. The van der Waals surface area contributed by atoms with Gasteiger partial charge in [-0.2, -0.15) is 0 Å². The maximum atomic E-state index is 12.5. The van der Waals surface area contributed by atoms with Crippen LogP contribution < -0.4 is 5.32 Å². The second-order valence-electron chi connectivity index (χ2n) is 5.75. The molecule has 0 aliphatic carbocycles. The molecular formula is C18H18BrNO5S. The predicted octanol–water partition coefficient (Wildman–Crippen LogP) is 2.64. The van der Waals surface area contributed by atoms with Crippen LogP contribution in [0.25, 0.3) is 0 Å². The summed E-state index contributed by atoms with van der Waals surface area (Å²) in [5.74, 6) is -1.15. The molecule has 0 aromatic heterocycles. The lowest BCUT2D eigenvalue weighted by molar-refractivity contribution is -0.143. The average Bonchev–Trinajstić information content (AvgIpc) is 2.59. The Hall–Kier alpha value is -2.19. The van der Waals surface area contributed by atoms with Crippen molar-refractivity contribution in [2.75, 3.05) is 13.4 Å². The van der Waals surface area contributed by atoms with Crippen LogP contribution in [0, 0.1) is 0 Å². The van der Waals surface area contributed by atoms with E-state index in [1.165, 1.54) is 19.2 Å². The standard InChI is InChI=1S/C18H18BrNO5S/c1-25-18(22)16(13-7-9-15(19)10-8-13)20-17(21)14-5-3-12(4-6-14)11-26(2,23)24/h3-10,16H,11H2,1-2H3,(H,20,21). The van der Waals surface area contributed by atoms with E-state index in [1.54, 1.807) is 36.4 Å². The monoisotopic (exact) mass is 439 g/mol. The number of hydrogen-bond donors (Lipinski definition) is 1. The van der Waals surface area contributed by atoms with E-state index in [2.05, 4.69) is 21.2 Å². The lowest BCUT2D eigenvalue weighted by Gasteiger charge is -2.17. The van der Waals surface area contributed by atoms with Gasteiger partial charge >= 0.3 is 5.97 Å². The zero-order chi connectivity index (χ0) is 19.3. The molecule has 1 unspecified atom stereocenters. The van der Waals surface area contributed by atoms with Crippen molar-refractivity contribution in [3.8, 4) is 0 Å². The molecule has 1 amide bonds. The van der Waals surface area contributed by atoms with Crippen LogP contribution in [-0.4, -0.2) is 33.7 Å². The molecule has 0 fully saturated rings. The first-order chi connectivity index (χ1) is 12.2. The van der Waals surface area contributed by atoms with Crippen LogP contribution in [0.15, 0.2) is 53.0 Å². The maximum absolute atomic E-state index is 12.5. The third-order valence-electron chi connectivity index (χ3n) is 3.56. The van der Waals surface area contributed by atoms with E-state index in [0.29, 0.717) is 16.7 Å². The largest absolute Gasteiger partial charge is 0.467 e. The third-order valence-corrected chi connectivity index (χ3v) is 4.95. The zero-order valence-electron chi connectivity index (χ0n) is 14.2. The van der Waals surface area contributed by atoms with E-state index in [-0.39, 0.29) is 5.75 Å². The fraction of sp³-hybridized carbons (Fsp3) is 0.222. The van der Waals surface area contributed by atoms with Crippen molar-refractivity contribution in [1.82, 2.24) is 5.32 Å². The number of hydrogen-bond acceptors (Lipinski definition) is 5. The Morgan fingerprint density at radius 3 is 2.15 bits per heavy atom. The molecule has 8 heteroatoms.